The maximum absolute atomic E-state index is 12.6. The lowest BCUT2D eigenvalue weighted by atomic mass is 10.1. The smallest absolute Gasteiger partial charge is 0.321 e. The number of carbonyl (C=O) groups excluding carboxylic acids is 2. The minimum Gasteiger partial charge on any atom is -0.504 e. The largest absolute Gasteiger partial charge is 0.504 e. The van der Waals surface area contributed by atoms with E-state index in [1.54, 1.807) is 6.92 Å². The summed E-state index contributed by atoms with van der Waals surface area (Å²) >= 11 is 0. The van der Waals surface area contributed by atoms with Gasteiger partial charge in [0.1, 0.15) is 6.10 Å². The molecule has 34 heavy (non-hydrogen) atoms. The first-order chi connectivity index (χ1) is 16.5. The van der Waals surface area contributed by atoms with E-state index in [1.165, 1.54) is 13.4 Å². The van der Waals surface area contributed by atoms with Gasteiger partial charge in [-0.15, -0.1) is 0 Å². The summed E-state index contributed by atoms with van der Waals surface area (Å²) in [6, 6.07) is 18.9. The number of primary amides is 1. The van der Waals surface area contributed by atoms with Crippen LogP contribution in [0.25, 0.3) is 0 Å². The average molecular weight is 469 g/mol. The number of urea groups is 1. The highest BCUT2D eigenvalue weighted by molar-refractivity contribution is 6.02. The second-order valence-corrected chi connectivity index (χ2v) is 8.16. The van der Waals surface area contributed by atoms with Crippen LogP contribution >= 0.6 is 0 Å². The second kappa shape index (κ2) is 12.9. The second-order valence-electron chi connectivity index (χ2n) is 8.16. The molecule has 0 aromatic heterocycles. The van der Waals surface area contributed by atoms with Gasteiger partial charge in [0.2, 0.25) is 0 Å². The minimum absolute atomic E-state index is 0.0173. The van der Waals surface area contributed by atoms with Crippen LogP contribution in [-0.2, 0) is 37.0 Å². The maximum Gasteiger partial charge on any atom is 0.321 e. The summed E-state index contributed by atoms with van der Waals surface area (Å²) in [6.45, 7) is 2.76. The molecule has 1 heterocycles. The summed E-state index contributed by atoms with van der Waals surface area (Å²) in [5.41, 5.74) is 7.85. The van der Waals surface area contributed by atoms with Gasteiger partial charge in [-0.3, -0.25) is 9.69 Å². The van der Waals surface area contributed by atoms with E-state index in [2.05, 4.69) is 0 Å². The summed E-state index contributed by atoms with van der Waals surface area (Å²) in [5, 5.41) is 0. The van der Waals surface area contributed by atoms with E-state index in [0.717, 1.165) is 16.0 Å². The Kier molecular flexibility index (Phi) is 9.63. The van der Waals surface area contributed by atoms with Crippen molar-refractivity contribution in [2.24, 2.45) is 5.73 Å². The van der Waals surface area contributed by atoms with Crippen LogP contribution in [0.2, 0.25) is 0 Å². The fraction of sp³-hybridized carbons (Fsp3) is 0.385. The number of benzene rings is 2. The molecule has 1 aliphatic heterocycles. The highest BCUT2D eigenvalue weighted by Gasteiger charge is 2.38. The van der Waals surface area contributed by atoms with Crippen molar-refractivity contribution in [1.29, 1.82) is 0 Å². The predicted octanol–water partition coefficient (Wildman–Crippen LogP) is 3.40. The van der Waals surface area contributed by atoms with Gasteiger partial charge >= 0.3 is 6.03 Å². The van der Waals surface area contributed by atoms with Gasteiger partial charge in [-0.25, -0.2) is 4.79 Å². The number of nitrogens with two attached hydrogens (primary N) is 1. The van der Waals surface area contributed by atoms with Crippen molar-refractivity contribution < 1.29 is 28.5 Å². The maximum atomic E-state index is 12.6. The van der Waals surface area contributed by atoms with Gasteiger partial charge in [-0.2, -0.15) is 0 Å². The Morgan fingerprint density at radius 1 is 1.06 bits per heavy atom. The van der Waals surface area contributed by atoms with E-state index in [4.69, 9.17) is 24.7 Å². The molecule has 1 saturated heterocycles. The van der Waals surface area contributed by atoms with E-state index >= 15 is 0 Å². The van der Waals surface area contributed by atoms with Crippen LogP contribution in [0.15, 0.2) is 72.5 Å². The lowest BCUT2D eigenvalue weighted by Gasteiger charge is -2.22. The van der Waals surface area contributed by atoms with Crippen LogP contribution in [0.4, 0.5) is 4.79 Å². The molecule has 0 saturated carbocycles. The van der Waals surface area contributed by atoms with Gasteiger partial charge in [0.25, 0.3) is 5.91 Å². The molecule has 0 bridgehead atoms. The first kappa shape index (κ1) is 25.4. The number of hydrogen-bond donors (Lipinski definition) is 1. The van der Waals surface area contributed by atoms with E-state index < -0.39 is 18.0 Å². The first-order valence-electron chi connectivity index (χ1n) is 11.2. The zero-order valence-corrected chi connectivity index (χ0v) is 19.6. The molecular weight excluding hydrogens is 436 g/mol. The molecule has 3 amide bonds. The fourth-order valence-corrected chi connectivity index (χ4v) is 3.80. The van der Waals surface area contributed by atoms with Gasteiger partial charge in [0, 0.05) is 12.0 Å². The number of hydrogen-bond acceptors (Lipinski definition) is 6. The third kappa shape index (κ3) is 7.41. The normalized spacial score (nSPS) is 20.2. The van der Waals surface area contributed by atoms with E-state index in [0.29, 0.717) is 26.2 Å². The van der Waals surface area contributed by atoms with E-state index in [1.807, 2.05) is 60.7 Å². The van der Waals surface area contributed by atoms with Crippen molar-refractivity contribution in [3.8, 4) is 0 Å². The third-order valence-corrected chi connectivity index (χ3v) is 5.51. The van der Waals surface area contributed by atoms with Gasteiger partial charge in [0.15, 0.2) is 0 Å². The number of ether oxygens (including phenoxy) is 4. The van der Waals surface area contributed by atoms with Crippen molar-refractivity contribution in [2.45, 2.75) is 44.9 Å². The molecule has 8 heteroatoms. The third-order valence-electron chi connectivity index (χ3n) is 5.51. The number of amides is 3. The molecule has 2 aromatic carbocycles. The molecule has 2 aromatic rings. The molecule has 182 valence electrons. The number of imide groups is 1. The summed E-state index contributed by atoms with van der Waals surface area (Å²) in [7, 11) is 1.43. The summed E-state index contributed by atoms with van der Waals surface area (Å²) in [5.74, 6) is -0.525. The van der Waals surface area contributed by atoms with Crippen LogP contribution in [0.1, 0.15) is 24.5 Å². The summed E-state index contributed by atoms with van der Waals surface area (Å²) in [4.78, 5) is 25.6. The SMILES string of the molecule is CO/C=C(\C)C(=O)N(C[C@H]1C[C@H](OCc2ccccc2)[C@@H](COCc2ccccc2)O1)C(N)=O. The Morgan fingerprint density at radius 2 is 1.68 bits per heavy atom. The zero-order valence-electron chi connectivity index (χ0n) is 19.6. The molecule has 8 nitrogen and oxygen atoms in total. The summed E-state index contributed by atoms with van der Waals surface area (Å²) < 4.78 is 23.1. The van der Waals surface area contributed by atoms with Gasteiger partial charge < -0.3 is 24.7 Å². The lowest BCUT2D eigenvalue weighted by molar-refractivity contribution is -0.126. The zero-order chi connectivity index (χ0) is 24.3. The standard InChI is InChI=1S/C26H32N2O6/c1-19(15-31-2)25(29)28(26(27)30)14-22-13-23(33-17-21-11-7-4-8-12-21)24(34-22)18-32-16-20-9-5-3-6-10-20/h3-12,15,22-24H,13-14,16-18H2,1-2H3,(H2,27,30)/b19-15+/t22-,23+,24-/m1/s1. The molecule has 3 atom stereocenters. The van der Waals surface area contributed by atoms with Crippen LogP contribution in [-0.4, -0.2) is 55.4 Å². The molecular formula is C26H32N2O6. The molecule has 3 rings (SSSR count). The van der Waals surface area contributed by atoms with Crippen LogP contribution in [0.3, 0.4) is 0 Å². The Balaban J connectivity index is 1.64. The number of methoxy groups -OCH3 is 1. The highest BCUT2D eigenvalue weighted by atomic mass is 16.6. The van der Waals surface area contributed by atoms with Crippen molar-refractivity contribution in [3.05, 3.63) is 83.6 Å². The Bertz CT molecular complexity index is 950. The Hall–Kier alpha value is -3.20. The molecule has 0 spiro atoms. The predicted molar refractivity (Wildman–Crippen MR) is 126 cm³/mol. The Morgan fingerprint density at radius 3 is 2.26 bits per heavy atom. The minimum atomic E-state index is -0.844. The van der Waals surface area contributed by atoms with Crippen LogP contribution in [0, 0.1) is 0 Å². The van der Waals surface area contributed by atoms with Crippen molar-refractivity contribution >= 4 is 11.9 Å². The quantitative estimate of drug-likeness (QED) is 0.401. The summed E-state index contributed by atoms with van der Waals surface area (Å²) in [6.07, 6.45) is 0.730. The van der Waals surface area contributed by atoms with Crippen molar-refractivity contribution in [3.63, 3.8) is 0 Å². The molecule has 1 aliphatic rings. The fourth-order valence-electron chi connectivity index (χ4n) is 3.80. The van der Waals surface area contributed by atoms with Crippen molar-refractivity contribution in [1.82, 2.24) is 4.90 Å². The molecule has 1 fully saturated rings. The molecule has 0 aliphatic carbocycles. The van der Waals surface area contributed by atoms with E-state index in [9.17, 15) is 9.59 Å². The highest BCUT2D eigenvalue weighted by Crippen LogP contribution is 2.26. The number of carbonyl (C=O) groups is 2. The van der Waals surface area contributed by atoms with E-state index in [-0.39, 0.29) is 24.3 Å². The topological polar surface area (TPSA) is 100 Å². The number of nitrogens with zero attached hydrogens (tertiary/aromatic N) is 1. The van der Waals surface area contributed by atoms with Crippen molar-refractivity contribution in [2.75, 3.05) is 20.3 Å². The lowest BCUT2D eigenvalue weighted by Crippen LogP contribution is -2.45. The van der Waals surface area contributed by atoms with Gasteiger partial charge in [-0.05, 0) is 18.1 Å². The average Bonchev–Trinajstić information content (AvgIpc) is 3.23. The molecule has 0 unspecified atom stereocenters. The number of rotatable bonds is 11. The van der Waals surface area contributed by atoms with Gasteiger partial charge in [0.05, 0.1) is 51.9 Å². The Labute approximate surface area is 200 Å². The molecule has 2 N–H and O–H groups in total. The monoisotopic (exact) mass is 468 g/mol. The first-order valence-corrected chi connectivity index (χ1v) is 11.2. The van der Waals surface area contributed by atoms with Gasteiger partial charge in [-0.1, -0.05) is 60.7 Å². The van der Waals surface area contributed by atoms with Crippen LogP contribution < -0.4 is 5.73 Å². The van der Waals surface area contributed by atoms with Crippen LogP contribution in [0.5, 0.6) is 0 Å². The molecule has 0 radical (unpaired) electrons.